The van der Waals surface area contributed by atoms with Gasteiger partial charge in [0.15, 0.2) is 0 Å². The largest absolute Gasteiger partial charge is 0.221 e. The Morgan fingerprint density at radius 2 is 1.60 bits per heavy atom. The third kappa shape index (κ3) is 2.26. The minimum Gasteiger partial charge on any atom is -0.221 e. The van der Waals surface area contributed by atoms with Gasteiger partial charge in [0.25, 0.3) is 0 Å². The number of hydrogen-bond acceptors (Lipinski definition) is 3. The molecule has 5 heteroatoms. The Morgan fingerprint density at radius 3 is 2.00 bits per heavy atom. The van der Waals surface area contributed by atoms with E-state index in [1.54, 1.807) is 6.33 Å². The van der Waals surface area contributed by atoms with E-state index in [1.165, 1.54) is 0 Å². The molecule has 0 amide bonds. The second-order valence-electron chi connectivity index (χ2n) is 1.59. The molecule has 1 rings (SSSR count). The summed E-state index contributed by atoms with van der Waals surface area (Å²) in [7, 11) is 0. The topological polar surface area (TPSA) is 38.7 Å². The van der Waals surface area contributed by atoms with Crippen LogP contribution in [0, 0.1) is 0 Å². The minimum atomic E-state index is 0.851. The summed E-state index contributed by atoms with van der Waals surface area (Å²) in [6.45, 7) is 0. The van der Waals surface area contributed by atoms with Gasteiger partial charge in [0.2, 0.25) is 0 Å². The van der Waals surface area contributed by atoms with Gasteiger partial charge >= 0.3 is 0 Å². The summed E-state index contributed by atoms with van der Waals surface area (Å²) in [4.78, 5) is 12.1. The van der Waals surface area contributed by atoms with Crippen molar-refractivity contribution in [3.8, 4) is 0 Å². The minimum absolute atomic E-state index is 0.851. The van der Waals surface area contributed by atoms with Crippen molar-refractivity contribution >= 4 is 45.2 Å². The SMILES string of the molecule is ICc1ncnc(CI)n1. The van der Waals surface area contributed by atoms with Gasteiger partial charge in [0.05, 0.1) is 8.86 Å². The van der Waals surface area contributed by atoms with E-state index in [2.05, 4.69) is 60.1 Å². The Hall–Kier alpha value is 0.470. The summed E-state index contributed by atoms with van der Waals surface area (Å²) in [6, 6.07) is 0. The van der Waals surface area contributed by atoms with E-state index in [0.717, 1.165) is 20.5 Å². The molecule has 0 fully saturated rings. The molecule has 3 nitrogen and oxygen atoms in total. The van der Waals surface area contributed by atoms with Crippen molar-refractivity contribution in [3.63, 3.8) is 0 Å². The molecule has 0 aliphatic heterocycles. The first-order valence-electron chi connectivity index (χ1n) is 2.65. The van der Waals surface area contributed by atoms with Crippen molar-refractivity contribution in [3.05, 3.63) is 18.0 Å². The predicted octanol–water partition coefficient (Wildman–Crippen LogP) is 1.74. The summed E-state index contributed by atoms with van der Waals surface area (Å²) in [5, 5.41) is 0. The Labute approximate surface area is 86.3 Å². The molecule has 54 valence electrons. The van der Waals surface area contributed by atoms with Crippen LogP contribution in [-0.4, -0.2) is 15.0 Å². The quantitative estimate of drug-likeness (QED) is 0.595. The molecule has 0 radical (unpaired) electrons. The van der Waals surface area contributed by atoms with Gasteiger partial charge in [-0.15, -0.1) is 0 Å². The van der Waals surface area contributed by atoms with Crippen LogP contribution in [0.15, 0.2) is 6.33 Å². The molecule has 0 spiro atoms. The van der Waals surface area contributed by atoms with E-state index < -0.39 is 0 Å². The second-order valence-corrected chi connectivity index (χ2v) is 3.11. The smallest absolute Gasteiger partial charge is 0.142 e. The summed E-state index contributed by atoms with van der Waals surface area (Å²) in [5.41, 5.74) is 0. The van der Waals surface area contributed by atoms with Crippen molar-refractivity contribution in [2.45, 2.75) is 8.86 Å². The Kier molecular flexibility index (Phi) is 3.74. The molecule has 0 saturated heterocycles. The second kappa shape index (κ2) is 4.37. The summed E-state index contributed by atoms with van der Waals surface area (Å²) >= 11 is 4.46. The first-order valence-corrected chi connectivity index (χ1v) is 5.70. The van der Waals surface area contributed by atoms with Crippen LogP contribution >= 0.6 is 45.2 Å². The normalized spacial score (nSPS) is 9.80. The van der Waals surface area contributed by atoms with E-state index in [1.807, 2.05) is 0 Å². The summed E-state index contributed by atoms with van der Waals surface area (Å²) < 4.78 is 1.70. The van der Waals surface area contributed by atoms with Crippen molar-refractivity contribution in [1.82, 2.24) is 15.0 Å². The zero-order valence-corrected chi connectivity index (χ0v) is 9.40. The molecule has 0 unspecified atom stereocenters. The molecule has 0 aromatic carbocycles. The van der Waals surface area contributed by atoms with Crippen molar-refractivity contribution in [1.29, 1.82) is 0 Å². The van der Waals surface area contributed by atoms with Crippen LogP contribution in [0.25, 0.3) is 0 Å². The fourth-order valence-electron chi connectivity index (χ4n) is 0.498. The molecule has 0 bridgehead atoms. The number of rotatable bonds is 2. The molecule has 0 saturated carbocycles. The van der Waals surface area contributed by atoms with Crippen molar-refractivity contribution in [2.75, 3.05) is 0 Å². The fraction of sp³-hybridized carbons (Fsp3) is 0.400. The van der Waals surface area contributed by atoms with Gasteiger partial charge in [-0.05, 0) is 0 Å². The first kappa shape index (κ1) is 8.57. The standard InChI is InChI=1S/C5H5I2N3/c6-1-4-8-3-9-5(2-7)10-4/h3H,1-2H2. The van der Waals surface area contributed by atoms with Gasteiger partial charge in [-0.25, -0.2) is 15.0 Å². The van der Waals surface area contributed by atoms with Gasteiger partial charge in [0.1, 0.15) is 18.0 Å². The van der Waals surface area contributed by atoms with E-state index in [-0.39, 0.29) is 0 Å². The number of alkyl halides is 2. The average molecular weight is 361 g/mol. The number of halogens is 2. The lowest BCUT2D eigenvalue weighted by atomic mass is 10.6. The molecule has 10 heavy (non-hydrogen) atoms. The van der Waals surface area contributed by atoms with Gasteiger partial charge in [-0.1, -0.05) is 45.2 Å². The summed E-state index contributed by atoms with van der Waals surface area (Å²) in [6.07, 6.45) is 1.56. The highest BCUT2D eigenvalue weighted by Crippen LogP contribution is 2.00. The van der Waals surface area contributed by atoms with Crippen LogP contribution in [0.4, 0.5) is 0 Å². The molecule has 1 aromatic rings. The van der Waals surface area contributed by atoms with Crippen LogP contribution in [-0.2, 0) is 8.86 Å². The Balaban J connectivity index is 2.87. The van der Waals surface area contributed by atoms with Crippen LogP contribution in [0.3, 0.4) is 0 Å². The van der Waals surface area contributed by atoms with E-state index in [0.29, 0.717) is 0 Å². The molecule has 0 atom stereocenters. The molecule has 0 N–H and O–H groups in total. The van der Waals surface area contributed by atoms with Crippen LogP contribution < -0.4 is 0 Å². The van der Waals surface area contributed by atoms with Crippen LogP contribution in [0.2, 0.25) is 0 Å². The molecular weight excluding hydrogens is 356 g/mol. The Bertz CT molecular complexity index is 197. The maximum atomic E-state index is 4.17. The zero-order valence-electron chi connectivity index (χ0n) is 5.09. The maximum Gasteiger partial charge on any atom is 0.142 e. The highest BCUT2D eigenvalue weighted by Gasteiger charge is 1.95. The highest BCUT2D eigenvalue weighted by molar-refractivity contribution is 14.1. The van der Waals surface area contributed by atoms with Gasteiger partial charge in [0, 0.05) is 0 Å². The van der Waals surface area contributed by atoms with Crippen molar-refractivity contribution < 1.29 is 0 Å². The van der Waals surface area contributed by atoms with Crippen molar-refractivity contribution in [2.24, 2.45) is 0 Å². The lowest BCUT2D eigenvalue weighted by molar-refractivity contribution is 0.913. The lowest BCUT2D eigenvalue weighted by Gasteiger charge is -1.94. The third-order valence-electron chi connectivity index (χ3n) is 0.911. The molecular formula is C5H5I2N3. The molecule has 0 aliphatic carbocycles. The van der Waals surface area contributed by atoms with Crippen LogP contribution in [0.5, 0.6) is 0 Å². The Morgan fingerprint density at radius 1 is 1.10 bits per heavy atom. The third-order valence-corrected chi connectivity index (χ3v) is 2.28. The lowest BCUT2D eigenvalue weighted by Crippen LogP contribution is -1.97. The monoisotopic (exact) mass is 361 g/mol. The zero-order chi connectivity index (χ0) is 7.40. The molecule has 1 heterocycles. The summed E-state index contributed by atoms with van der Waals surface area (Å²) in [5.74, 6) is 1.73. The average Bonchev–Trinajstić information content (AvgIpc) is 2.05. The molecule has 1 aromatic heterocycles. The number of nitrogens with zero attached hydrogens (tertiary/aromatic N) is 3. The van der Waals surface area contributed by atoms with E-state index in [9.17, 15) is 0 Å². The van der Waals surface area contributed by atoms with Crippen LogP contribution in [0.1, 0.15) is 11.6 Å². The highest BCUT2D eigenvalue weighted by atomic mass is 127. The maximum absolute atomic E-state index is 4.17. The number of hydrogen-bond donors (Lipinski definition) is 0. The molecule has 0 aliphatic rings. The number of aromatic nitrogens is 3. The van der Waals surface area contributed by atoms with Gasteiger partial charge < -0.3 is 0 Å². The van der Waals surface area contributed by atoms with Gasteiger partial charge in [-0.3, -0.25) is 0 Å². The first-order chi connectivity index (χ1) is 4.86. The predicted molar refractivity (Wildman–Crippen MR) is 55.3 cm³/mol. The van der Waals surface area contributed by atoms with E-state index in [4.69, 9.17) is 0 Å². The fourth-order valence-corrected chi connectivity index (χ4v) is 1.23. The van der Waals surface area contributed by atoms with E-state index >= 15 is 0 Å². The van der Waals surface area contributed by atoms with Gasteiger partial charge in [-0.2, -0.15) is 0 Å².